The Labute approximate surface area is 114 Å². The topological polar surface area (TPSA) is 45.1 Å². The second-order valence-corrected chi connectivity index (χ2v) is 5.13. The molecule has 102 valence electrons. The van der Waals surface area contributed by atoms with Crippen LogP contribution in [0.4, 0.5) is 0 Å². The first-order valence-corrected chi connectivity index (χ1v) is 6.89. The second-order valence-electron chi connectivity index (χ2n) is 5.13. The number of aryl methyl sites for hydroxylation is 1. The fourth-order valence-electron chi connectivity index (χ4n) is 2.18. The number of rotatable bonds is 6. The maximum Gasteiger partial charge on any atom is 0.0705 e. The first-order chi connectivity index (χ1) is 9.19. The third-order valence-corrected chi connectivity index (χ3v) is 3.34. The maximum absolute atomic E-state index is 8.81. The van der Waals surface area contributed by atoms with Crippen molar-refractivity contribution >= 4 is 10.9 Å². The molecule has 0 saturated carbocycles. The smallest absolute Gasteiger partial charge is 0.0705 e. The number of benzene rings is 1. The van der Waals surface area contributed by atoms with Crippen LogP contribution >= 0.6 is 0 Å². The Morgan fingerprint density at radius 3 is 2.89 bits per heavy atom. The van der Waals surface area contributed by atoms with Crippen molar-refractivity contribution in [2.24, 2.45) is 0 Å². The summed E-state index contributed by atoms with van der Waals surface area (Å²) in [6, 6.07) is 11.0. The molecule has 1 atom stereocenters. The molecule has 0 saturated heterocycles. The lowest BCUT2D eigenvalue weighted by Gasteiger charge is -2.13. The quantitative estimate of drug-likeness (QED) is 0.837. The van der Waals surface area contributed by atoms with Crippen LogP contribution in [0, 0.1) is 6.92 Å². The Morgan fingerprint density at radius 1 is 1.26 bits per heavy atom. The van der Waals surface area contributed by atoms with Crippen LogP contribution in [0.2, 0.25) is 0 Å². The van der Waals surface area contributed by atoms with Crippen molar-refractivity contribution in [1.82, 2.24) is 10.3 Å². The minimum Gasteiger partial charge on any atom is -0.396 e. The van der Waals surface area contributed by atoms with Crippen LogP contribution in [0.5, 0.6) is 0 Å². The minimum absolute atomic E-state index is 0.271. The van der Waals surface area contributed by atoms with Crippen LogP contribution in [-0.4, -0.2) is 22.7 Å². The van der Waals surface area contributed by atoms with Crippen LogP contribution in [0.3, 0.4) is 0 Å². The molecule has 0 spiro atoms. The number of hydrogen-bond donors (Lipinski definition) is 2. The van der Waals surface area contributed by atoms with Gasteiger partial charge in [-0.15, -0.1) is 0 Å². The molecule has 1 heterocycles. The van der Waals surface area contributed by atoms with E-state index in [1.54, 1.807) is 0 Å². The van der Waals surface area contributed by atoms with Gasteiger partial charge in [-0.2, -0.15) is 0 Å². The highest BCUT2D eigenvalue weighted by atomic mass is 16.2. The van der Waals surface area contributed by atoms with Gasteiger partial charge in [0.25, 0.3) is 0 Å². The SMILES string of the molecule is Cc1ccc2cc(CNC(C)CCCO)ccc2n1. The highest BCUT2D eigenvalue weighted by Gasteiger charge is 2.02. The normalized spacial score (nSPS) is 12.8. The molecule has 3 heteroatoms. The Kier molecular flexibility index (Phi) is 4.88. The number of aromatic nitrogens is 1. The number of fused-ring (bicyclic) bond motifs is 1. The lowest BCUT2D eigenvalue weighted by atomic mass is 10.1. The number of aliphatic hydroxyl groups is 1. The molecule has 0 aliphatic carbocycles. The summed E-state index contributed by atoms with van der Waals surface area (Å²) in [5.41, 5.74) is 3.38. The average molecular weight is 258 g/mol. The highest BCUT2D eigenvalue weighted by Crippen LogP contribution is 2.15. The largest absolute Gasteiger partial charge is 0.396 e. The van der Waals surface area contributed by atoms with Crippen molar-refractivity contribution in [3.63, 3.8) is 0 Å². The van der Waals surface area contributed by atoms with E-state index in [0.717, 1.165) is 30.6 Å². The summed E-state index contributed by atoms with van der Waals surface area (Å²) < 4.78 is 0. The Hall–Kier alpha value is -1.45. The predicted molar refractivity (Wildman–Crippen MR) is 79.1 cm³/mol. The van der Waals surface area contributed by atoms with Crippen molar-refractivity contribution in [1.29, 1.82) is 0 Å². The summed E-state index contributed by atoms with van der Waals surface area (Å²) in [5, 5.41) is 13.5. The van der Waals surface area contributed by atoms with Crippen molar-refractivity contribution in [2.45, 2.75) is 39.3 Å². The second kappa shape index (κ2) is 6.64. The minimum atomic E-state index is 0.271. The molecule has 3 nitrogen and oxygen atoms in total. The highest BCUT2D eigenvalue weighted by molar-refractivity contribution is 5.79. The molecule has 2 N–H and O–H groups in total. The van der Waals surface area contributed by atoms with Gasteiger partial charge in [0.2, 0.25) is 0 Å². The van der Waals surface area contributed by atoms with Crippen molar-refractivity contribution < 1.29 is 5.11 Å². The zero-order valence-corrected chi connectivity index (χ0v) is 11.7. The summed E-state index contributed by atoms with van der Waals surface area (Å²) >= 11 is 0. The van der Waals surface area contributed by atoms with Crippen molar-refractivity contribution in [3.05, 3.63) is 41.6 Å². The van der Waals surface area contributed by atoms with Crippen LogP contribution in [0.25, 0.3) is 10.9 Å². The molecule has 1 unspecified atom stereocenters. The number of nitrogens with zero attached hydrogens (tertiary/aromatic N) is 1. The summed E-state index contributed by atoms with van der Waals surface area (Å²) in [6.45, 7) is 5.29. The van der Waals surface area contributed by atoms with Gasteiger partial charge in [-0.25, -0.2) is 0 Å². The van der Waals surface area contributed by atoms with E-state index in [0.29, 0.717) is 6.04 Å². The molecule has 0 aliphatic rings. The van der Waals surface area contributed by atoms with Gasteiger partial charge >= 0.3 is 0 Å². The van der Waals surface area contributed by atoms with E-state index in [4.69, 9.17) is 5.11 Å². The standard InChI is InChI=1S/C16H22N2O/c1-12(4-3-9-19)17-11-14-6-8-16-15(10-14)7-5-13(2)18-16/h5-8,10,12,17,19H,3-4,9,11H2,1-2H3. The molecule has 19 heavy (non-hydrogen) atoms. The van der Waals surface area contributed by atoms with Crippen LogP contribution in [-0.2, 0) is 6.54 Å². The molecule has 0 fully saturated rings. The van der Waals surface area contributed by atoms with E-state index < -0.39 is 0 Å². The van der Waals surface area contributed by atoms with E-state index in [-0.39, 0.29) is 6.61 Å². The van der Waals surface area contributed by atoms with E-state index in [1.165, 1.54) is 10.9 Å². The van der Waals surface area contributed by atoms with E-state index in [1.807, 2.05) is 13.0 Å². The molecule has 2 aromatic rings. The van der Waals surface area contributed by atoms with E-state index in [2.05, 4.69) is 41.5 Å². The third kappa shape index (κ3) is 4.01. The predicted octanol–water partition coefficient (Wildman–Crippen LogP) is 2.79. The van der Waals surface area contributed by atoms with Gasteiger partial charge < -0.3 is 10.4 Å². The number of hydrogen-bond acceptors (Lipinski definition) is 3. The van der Waals surface area contributed by atoms with Gasteiger partial charge in [0.05, 0.1) is 5.52 Å². The van der Waals surface area contributed by atoms with E-state index in [9.17, 15) is 0 Å². The van der Waals surface area contributed by atoms with E-state index >= 15 is 0 Å². The monoisotopic (exact) mass is 258 g/mol. The molecule has 1 aromatic heterocycles. The van der Waals surface area contributed by atoms with Crippen molar-refractivity contribution in [2.75, 3.05) is 6.61 Å². The van der Waals surface area contributed by atoms with Crippen LogP contribution in [0.1, 0.15) is 31.0 Å². The molecule has 0 radical (unpaired) electrons. The maximum atomic E-state index is 8.81. The summed E-state index contributed by atoms with van der Waals surface area (Å²) in [6.07, 6.45) is 1.86. The first kappa shape index (κ1) is 14.0. The van der Waals surface area contributed by atoms with Gasteiger partial charge in [-0.1, -0.05) is 12.1 Å². The third-order valence-electron chi connectivity index (χ3n) is 3.34. The lowest BCUT2D eigenvalue weighted by molar-refractivity contribution is 0.276. The van der Waals surface area contributed by atoms with Gasteiger partial charge in [-0.05, 0) is 50.5 Å². The Balaban J connectivity index is 1.99. The summed E-state index contributed by atoms with van der Waals surface area (Å²) in [4.78, 5) is 4.50. The Morgan fingerprint density at radius 2 is 2.11 bits per heavy atom. The molecule has 2 rings (SSSR count). The van der Waals surface area contributed by atoms with Crippen LogP contribution in [0.15, 0.2) is 30.3 Å². The lowest BCUT2D eigenvalue weighted by Crippen LogP contribution is -2.25. The number of nitrogens with one attached hydrogen (secondary N) is 1. The van der Waals surface area contributed by atoms with Gasteiger partial charge in [-0.3, -0.25) is 4.98 Å². The Bertz CT molecular complexity index is 539. The molecular weight excluding hydrogens is 236 g/mol. The molecule has 0 aliphatic heterocycles. The van der Waals surface area contributed by atoms with Gasteiger partial charge in [0, 0.05) is 30.3 Å². The first-order valence-electron chi connectivity index (χ1n) is 6.89. The van der Waals surface area contributed by atoms with Crippen molar-refractivity contribution in [3.8, 4) is 0 Å². The zero-order chi connectivity index (χ0) is 13.7. The molecule has 0 amide bonds. The number of aliphatic hydroxyl groups excluding tert-OH is 1. The summed E-state index contributed by atoms with van der Waals surface area (Å²) in [5.74, 6) is 0. The fraction of sp³-hybridized carbons (Fsp3) is 0.438. The molecule has 1 aromatic carbocycles. The fourth-order valence-corrected chi connectivity index (χ4v) is 2.18. The van der Waals surface area contributed by atoms with Gasteiger partial charge in [0.15, 0.2) is 0 Å². The van der Waals surface area contributed by atoms with Crippen LogP contribution < -0.4 is 5.32 Å². The molecular formula is C16H22N2O. The molecule has 0 bridgehead atoms. The summed E-state index contributed by atoms with van der Waals surface area (Å²) in [7, 11) is 0. The average Bonchev–Trinajstić information content (AvgIpc) is 2.42. The zero-order valence-electron chi connectivity index (χ0n) is 11.7. The number of pyridine rings is 1. The van der Waals surface area contributed by atoms with Gasteiger partial charge in [0.1, 0.15) is 0 Å².